The molecule has 0 aromatic heterocycles. The van der Waals surface area contributed by atoms with Gasteiger partial charge in [-0.3, -0.25) is 24.0 Å². The van der Waals surface area contributed by atoms with Gasteiger partial charge in [-0.05, 0) is 19.8 Å². The summed E-state index contributed by atoms with van der Waals surface area (Å²) in [5.41, 5.74) is 10.4. The van der Waals surface area contributed by atoms with Crippen molar-refractivity contribution in [3.63, 3.8) is 0 Å². The van der Waals surface area contributed by atoms with Crippen LogP contribution >= 0.6 is 0 Å². The van der Waals surface area contributed by atoms with E-state index >= 15 is 0 Å². The van der Waals surface area contributed by atoms with Crippen LogP contribution in [0.2, 0.25) is 0 Å². The molecule has 0 unspecified atom stereocenters. The Bertz CT molecular complexity index is 622. The number of hydrogen-bond donors (Lipinski definition) is 7. The van der Waals surface area contributed by atoms with Gasteiger partial charge in [0.1, 0.15) is 12.1 Å². The van der Waals surface area contributed by atoms with Crippen molar-refractivity contribution in [3.8, 4) is 0 Å². The predicted octanol–water partition coefficient (Wildman–Crippen LogP) is -3.37. The minimum atomic E-state index is -1.44. The fourth-order valence-corrected chi connectivity index (χ4v) is 1.92. The second kappa shape index (κ2) is 12.2. The van der Waals surface area contributed by atoms with Crippen LogP contribution in [0.1, 0.15) is 32.6 Å². The summed E-state index contributed by atoms with van der Waals surface area (Å²) in [4.78, 5) is 68.1. The van der Waals surface area contributed by atoms with Crippen LogP contribution in [0.5, 0.6) is 0 Å². The fraction of sp³-hybridized carbons (Fsp3) is 0.600. The van der Waals surface area contributed by atoms with E-state index in [1.807, 2.05) is 0 Å². The van der Waals surface area contributed by atoms with Gasteiger partial charge in [-0.2, -0.15) is 0 Å². The Morgan fingerprint density at radius 2 is 1.46 bits per heavy atom. The van der Waals surface area contributed by atoms with E-state index in [1.54, 1.807) is 0 Å². The van der Waals surface area contributed by atoms with Crippen molar-refractivity contribution < 1.29 is 39.0 Å². The molecular formula is C15H25N5O8. The lowest BCUT2D eigenvalue weighted by molar-refractivity contribution is -0.143. The lowest BCUT2D eigenvalue weighted by atomic mass is 10.1. The van der Waals surface area contributed by atoms with Gasteiger partial charge in [0, 0.05) is 12.8 Å². The molecule has 9 N–H and O–H groups in total. The first-order valence-electron chi connectivity index (χ1n) is 8.30. The molecule has 0 saturated heterocycles. The minimum Gasteiger partial charge on any atom is -0.481 e. The lowest BCUT2D eigenvalue weighted by Crippen LogP contribution is -2.53. The summed E-state index contributed by atoms with van der Waals surface area (Å²) in [6.07, 6.45) is -1.14. The second-order valence-corrected chi connectivity index (χ2v) is 5.96. The molecule has 0 spiro atoms. The summed E-state index contributed by atoms with van der Waals surface area (Å²) in [6, 6.07) is -3.54. The standard InChI is InChI=1S/C15H25N5O8/c1-7(16)13(25)20-8(2-4-10(17)21)14(26)18-6-11(22)19-9(15(27)28)3-5-12(23)24/h7-9H,2-6,16H2,1H3,(H2,17,21)(H,18,26)(H,19,22)(H,20,25)(H,23,24)(H,27,28)/t7-,8-,9-/m0/s1. The van der Waals surface area contributed by atoms with Crippen molar-refractivity contribution in [3.05, 3.63) is 0 Å². The Morgan fingerprint density at radius 1 is 0.893 bits per heavy atom. The Balaban J connectivity index is 4.76. The zero-order valence-electron chi connectivity index (χ0n) is 15.3. The maximum Gasteiger partial charge on any atom is 0.326 e. The van der Waals surface area contributed by atoms with Crippen LogP contribution in [0, 0.1) is 0 Å². The number of primary amides is 1. The number of carbonyl (C=O) groups excluding carboxylic acids is 4. The number of rotatable bonds is 13. The number of amides is 4. The molecule has 28 heavy (non-hydrogen) atoms. The van der Waals surface area contributed by atoms with E-state index in [4.69, 9.17) is 21.7 Å². The van der Waals surface area contributed by atoms with Crippen molar-refractivity contribution in [2.75, 3.05) is 6.54 Å². The third-order valence-corrected chi connectivity index (χ3v) is 3.43. The SMILES string of the molecule is C[C@H](N)C(=O)N[C@@H](CCC(N)=O)C(=O)NCC(=O)N[C@@H](CCC(=O)O)C(=O)O. The molecule has 0 aliphatic rings. The first-order chi connectivity index (χ1) is 12.9. The van der Waals surface area contributed by atoms with E-state index in [2.05, 4.69) is 16.0 Å². The zero-order chi connectivity index (χ0) is 21.9. The molecule has 0 aromatic rings. The van der Waals surface area contributed by atoms with Crippen LogP contribution in [0.25, 0.3) is 0 Å². The maximum absolute atomic E-state index is 12.2. The highest BCUT2D eigenvalue weighted by molar-refractivity contribution is 5.92. The van der Waals surface area contributed by atoms with Crippen LogP contribution < -0.4 is 27.4 Å². The minimum absolute atomic E-state index is 0.127. The molecule has 0 radical (unpaired) electrons. The maximum atomic E-state index is 12.2. The van der Waals surface area contributed by atoms with Crippen molar-refractivity contribution in [1.29, 1.82) is 0 Å². The van der Waals surface area contributed by atoms with Crippen LogP contribution in [-0.4, -0.2) is 70.5 Å². The molecule has 0 bridgehead atoms. The van der Waals surface area contributed by atoms with Crippen LogP contribution in [0.15, 0.2) is 0 Å². The smallest absolute Gasteiger partial charge is 0.326 e. The average molecular weight is 403 g/mol. The normalized spacial score (nSPS) is 13.5. The summed E-state index contributed by atoms with van der Waals surface area (Å²) >= 11 is 0. The molecule has 13 heteroatoms. The number of nitrogens with two attached hydrogens (primary N) is 2. The molecule has 13 nitrogen and oxygen atoms in total. The van der Waals surface area contributed by atoms with Gasteiger partial charge in [-0.15, -0.1) is 0 Å². The van der Waals surface area contributed by atoms with Gasteiger partial charge in [-0.25, -0.2) is 4.79 Å². The van der Waals surface area contributed by atoms with E-state index < -0.39 is 66.7 Å². The molecular weight excluding hydrogens is 378 g/mol. The van der Waals surface area contributed by atoms with Gasteiger partial charge in [0.05, 0.1) is 12.6 Å². The molecule has 0 aromatic carbocycles. The Kier molecular flexibility index (Phi) is 10.8. The second-order valence-electron chi connectivity index (χ2n) is 5.96. The van der Waals surface area contributed by atoms with Crippen LogP contribution in [0.4, 0.5) is 0 Å². The fourth-order valence-electron chi connectivity index (χ4n) is 1.92. The quantitative estimate of drug-likeness (QED) is 0.162. The number of carbonyl (C=O) groups is 6. The van der Waals surface area contributed by atoms with Crippen molar-refractivity contribution >= 4 is 35.6 Å². The zero-order valence-corrected chi connectivity index (χ0v) is 15.3. The first-order valence-corrected chi connectivity index (χ1v) is 8.30. The number of hydrogen-bond acceptors (Lipinski definition) is 7. The molecule has 0 heterocycles. The summed E-state index contributed by atoms with van der Waals surface area (Å²) in [7, 11) is 0. The van der Waals surface area contributed by atoms with E-state index in [0.717, 1.165) is 0 Å². The Morgan fingerprint density at radius 3 is 1.93 bits per heavy atom. The average Bonchev–Trinajstić information content (AvgIpc) is 2.58. The summed E-state index contributed by atoms with van der Waals surface area (Å²) in [6.45, 7) is 0.756. The molecule has 0 fully saturated rings. The number of carboxylic acids is 2. The third-order valence-electron chi connectivity index (χ3n) is 3.43. The lowest BCUT2D eigenvalue weighted by Gasteiger charge is -2.19. The predicted molar refractivity (Wildman–Crippen MR) is 93.5 cm³/mol. The van der Waals surface area contributed by atoms with Crippen molar-refractivity contribution in [2.45, 2.75) is 50.7 Å². The largest absolute Gasteiger partial charge is 0.481 e. The highest BCUT2D eigenvalue weighted by atomic mass is 16.4. The van der Waals surface area contributed by atoms with Crippen LogP contribution in [-0.2, 0) is 28.8 Å². The van der Waals surface area contributed by atoms with Crippen molar-refractivity contribution in [2.24, 2.45) is 11.5 Å². The summed E-state index contributed by atoms with van der Waals surface area (Å²) in [5, 5.41) is 24.1. The summed E-state index contributed by atoms with van der Waals surface area (Å²) in [5.74, 6) is -5.69. The Hall–Kier alpha value is -3.22. The van der Waals surface area contributed by atoms with Crippen molar-refractivity contribution in [1.82, 2.24) is 16.0 Å². The van der Waals surface area contributed by atoms with E-state index in [1.165, 1.54) is 6.92 Å². The first kappa shape index (κ1) is 24.8. The number of carboxylic acid groups (broad SMARTS) is 2. The van der Waals surface area contributed by atoms with E-state index in [-0.39, 0.29) is 19.3 Å². The molecule has 158 valence electrons. The summed E-state index contributed by atoms with van der Waals surface area (Å²) < 4.78 is 0. The monoisotopic (exact) mass is 403 g/mol. The number of nitrogens with one attached hydrogen (secondary N) is 3. The highest BCUT2D eigenvalue weighted by Crippen LogP contribution is 2.00. The van der Waals surface area contributed by atoms with Gasteiger partial charge in [0.25, 0.3) is 0 Å². The highest BCUT2D eigenvalue weighted by Gasteiger charge is 2.24. The molecule has 4 amide bonds. The molecule has 0 saturated carbocycles. The molecule has 3 atom stereocenters. The van der Waals surface area contributed by atoms with E-state index in [0.29, 0.717) is 0 Å². The molecule has 0 aliphatic carbocycles. The molecule has 0 aliphatic heterocycles. The molecule has 0 rings (SSSR count). The third kappa shape index (κ3) is 10.7. The van der Waals surface area contributed by atoms with Gasteiger partial charge < -0.3 is 37.6 Å². The van der Waals surface area contributed by atoms with Gasteiger partial charge >= 0.3 is 11.9 Å². The topological polar surface area (TPSA) is 231 Å². The van der Waals surface area contributed by atoms with Crippen LogP contribution in [0.3, 0.4) is 0 Å². The number of aliphatic carboxylic acids is 2. The van der Waals surface area contributed by atoms with Gasteiger partial charge in [-0.1, -0.05) is 0 Å². The Labute approximate surface area is 160 Å². The van der Waals surface area contributed by atoms with E-state index in [9.17, 15) is 28.8 Å². The van der Waals surface area contributed by atoms with Gasteiger partial charge in [0.15, 0.2) is 0 Å². The van der Waals surface area contributed by atoms with Gasteiger partial charge in [0.2, 0.25) is 23.6 Å².